The van der Waals surface area contributed by atoms with Crippen LogP contribution in [0.15, 0.2) is 24.3 Å². The number of benzene rings is 1. The number of carbonyl (C=O) groups is 2. The molecule has 0 N–H and O–H groups in total. The van der Waals surface area contributed by atoms with Crippen LogP contribution in [0.2, 0.25) is 0 Å². The Labute approximate surface area is 101 Å². The second-order valence-corrected chi connectivity index (χ2v) is 3.86. The van der Waals surface area contributed by atoms with Gasteiger partial charge in [0, 0.05) is 25.5 Å². The maximum Gasteiger partial charge on any atom is 0.246 e. The van der Waals surface area contributed by atoms with Crippen LogP contribution in [-0.2, 0) is 9.63 Å². The minimum atomic E-state index is -0.201. The second kappa shape index (κ2) is 6.15. The first-order valence-corrected chi connectivity index (χ1v) is 5.45. The molecule has 0 aliphatic heterocycles. The lowest BCUT2D eigenvalue weighted by molar-refractivity contribution is -0.168. The summed E-state index contributed by atoms with van der Waals surface area (Å²) in [6, 6.07) is 7.33. The first-order chi connectivity index (χ1) is 8.04. The van der Waals surface area contributed by atoms with Crippen molar-refractivity contribution in [2.24, 2.45) is 0 Å². The zero-order valence-corrected chi connectivity index (χ0v) is 10.4. The van der Waals surface area contributed by atoms with Gasteiger partial charge in [0.1, 0.15) is 0 Å². The predicted molar refractivity (Wildman–Crippen MR) is 64.5 cm³/mol. The molecule has 0 spiro atoms. The van der Waals surface area contributed by atoms with Gasteiger partial charge in [0.05, 0.1) is 7.11 Å². The van der Waals surface area contributed by atoms with Crippen LogP contribution < -0.4 is 0 Å². The molecule has 1 amide bonds. The van der Waals surface area contributed by atoms with E-state index in [0.717, 1.165) is 10.6 Å². The second-order valence-electron chi connectivity index (χ2n) is 3.86. The van der Waals surface area contributed by atoms with E-state index in [-0.39, 0.29) is 24.5 Å². The summed E-state index contributed by atoms with van der Waals surface area (Å²) >= 11 is 0. The van der Waals surface area contributed by atoms with Crippen molar-refractivity contribution in [1.82, 2.24) is 5.06 Å². The summed E-state index contributed by atoms with van der Waals surface area (Å²) in [5, 5.41) is 1.13. The van der Waals surface area contributed by atoms with E-state index in [0.29, 0.717) is 5.56 Å². The molecule has 0 unspecified atom stereocenters. The highest BCUT2D eigenvalue weighted by Gasteiger charge is 2.12. The van der Waals surface area contributed by atoms with Gasteiger partial charge in [-0.15, -0.1) is 0 Å². The van der Waals surface area contributed by atoms with Crippen molar-refractivity contribution in [2.45, 2.75) is 19.8 Å². The number of hydrogen-bond donors (Lipinski definition) is 0. The van der Waals surface area contributed by atoms with E-state index in [1.807, 2.05) is 19.1 Å². The summed E-state index contributed by atoms with van der Waals surface area (Å²) in [6.45, 7) is 1.96. The molecule has 1 rings (SSSR count). The lowest BCUT2D eigenvalue weighted by atomic mass is 10.1. The number of rotatable bonds is 5. The molecule has 17 heavy (non-hydrogen) atoms. The van der Waals surface area contributed by atoms with E-state index in [9.17, 15) is 9.59 Å². The topological polar surface area (TPSA) is 46.6 Å². The van der Waals surface area contributed by atoms with Gasteiger partial charge < -0.3 is 0 Å². The molecule has 0 aromatic heterocycles. The monoisotopic (exact) mass is 235 g/mol. The fourth-order valence-electron chi connectivity index (χ4n) is 1.36. The minimum absolute atomic E-state index is 0.0251. The largest absolute Gasteiger partial charge is 0.294 e. The minimum Gasteiger partial charge on any atom is -0.294 e. The third-order valence-corrected chi connectivity index (χ3v) is 2.56. The molecule has 92 valence electrons. The van der Waals surface area contributed by atoms with Crippen molar-refractivity contribution in [2.75, 3.05) is 14.2 Å². The van der Waals surface area contributed by atoms with Crippen LogP contribution in [0, 0.1) is 6.92 Å². The Morgan fingerprint density at radius 3 is 2.29 bits per heavy atom. The van der Waals surface area contributed by atoms with Crippen LogP contribution in [0.1, 0.15) is 28.8 Å². The first-order valence-electron chi connectivity index (χ1n) is 5.45. The van der Waals surface area contributed by atoms with Crippen molar-refractivity contribution in [3.63, 3.8) is 0 Å². The number of carbonyl (C=O) groups excluding carboxylic acids is 2. The normalized spacial score (nSPS) is 10.1. The van der Waals surface area contributed by atoms with Crippen LogP contribution in [0.3, 0.4) is 0 Å². The molecule has 0 saturated heterocycles. The zero-order chi connectivity index (χ0) is 12.8. The van der Waals surface area contributed by atoms with Crippen molar-refractivity contribution in [3.8, 4) is 0 Å². The quantitative estimate of drug-likeness (QED) is 0.579. The Morgan fingerprint density at radius 1 is 1.18 bits per heavy atom. The molecule has 0 bridgehead atoms. The van der Waals surface area contributed by atoms with Crippen molar-refractivity contribution >= 4 is 11.7 Å². The van der Waals surface area contributed by atoms with Gasteiger partial charge in [-0.05, 0) is 6.92 Å². The number of aryl methyl sites for hydroxylation is 1. The van der Waals surface area contributed by atoms with Crippen LogP contribution in [0.25, 0.3) is 0 Å². The molecule has 4 nitrogen and oxygen atoms in total. The van der Waals surface area contributed by atoms with Crippen LogP contribution in [0.4, 0.5) is 0 Å². The maximum atomic E-state index is 11.8. The van der Waals surface area contributed by atoms with E-state index in [4.69, 9.17) is 4.84 Å². The number of ketones is 1. The van der Waals surface area contributed by atoms with Gasteiger partial charge in [-0.2, -0.15) is 0 Å². The summed E-state index contributed by atoms with van der Waals surface area (Å²) in [7, 11) is 2.94. The average Bonchev–Trinajstić information content (AvgIpc) is 2.35. The number of Topliss-reactive ketones (excluding diaryl/α,β-unsaturated/α-hetero) is 1. The van der Waals surface area contributed by atoms with Gasteiger partial charge in [-0.25, -0.2) is 5.06 Å². The van der Waals surface area contributed by atoms with E-state index >= 15 is 0 Å². The van der Waals surface area contributed by atoms with Crippen LogP contribution in [-0.4, -0.2) is 30.9 Å². The molecular formula is C13H17NO3. The SMILES string of the molecule is CON(C)C(=O)CCC(=O)c1ccc(C)cc1. The molecule has 0 atom stereocenters. The molecule has 0 radical (unpaired) electrons. The van der Waals surface area contributed by atoms with E-state index in [1.54, 1.807) is 12.1 Å². The van der Waals surface area contributed by atoms with E-state index in [1.165, 1.54) is 14.2 Å². The Morgan fingerprint density at radius 2 is 1.76 bits per heavy atom. The number of nitrogens with zero attached hydrogens (tertiary/aromatic N) is 1. The van der Waals surface area contributed by atoms with Gasteiger partial charge in [-0.3, -0.25) is 14.4 Å². The molecule has 0 heterocycles. The Kier molecular flexibility index (Phi) is 4.84. The molecule has 0 saturated carbocycles. The molecular weight excluding hydrogens is 218 g/mol. The number of hydrogen-bond acceptors (Lipinski definition) is 3. The highest BCUT2D eigenvalue weighted by atomic mass is 16.7. The molecule has 0 fully saturated rings. The summed E-state index contributed by atoms with van der Waals surface area (Å²) in [5.41, 5.74) is 1.75. The maximum absolute atomic E-state index is 11.8. The van der Waals surface area contributed by atoms with Crippen LogP contribution in [0.5, 0.6) is 0 Å². The number of hydroxylamine groups is 2. The van der Waals surface area contributed by atoms with Crippen molar-refractivity contribution in [3.05, 3.63) is 35.4 Å². The van der Waals surface area contributed by atoms with Gasteiger partial charge in [0.25, 0.3) is 0 Å². The lowest BCUT2D eigenvalue weighted by Gasteiger charge is -2.12. The summed E-state index contributed by atoms with van der Waals surface area (Å²) in [4.78, 5) is 27.9. The Bertz CT molecular complexity index is 398. The number of amides is 1. The average molecular weight is 235 g/mol. The standard InChI is InChI=1S/C13H17NO3/c1-10-4-6-11(7-5-10)12(15)8-9-13(16)14(2)17-3/h4-7H,8-9H2,1-3H3. The summed E-state index contributed by atoms with van der Waals surface area (Å²) < 4.78 is 0. The van der Waals surface area contributed by atoms with Gasteiger partial charge in [-0.1, -0.05) is 29.8 Å². The smallest absolute Gasteiger partial charge is 0.246 e. The Balaban J connectivity index is 2.50. The fraction of sp³-hybridized carbons (Fsp3) is 0.385. The molecule has 0 aliphatic carbocycles. The highest BCUT2D eigenvalue weighted by molar-refractivity contribution is 5.97. The van der Waals surface area contributed by atoms with Crippen molar-refractivity contribution < 1.29 is 14.4 Å². The van der Waals surface area contributed by atoms with E-state index < -0.39 is 0 Å². The van der Waals surface area contributed by atoms with Crippen LogP contribution >= 0.6 is 0 Å². The van der Waals surface area contributed by atoms with E-state index in [2.05, 4.69) is 0 Å². The highest BCUT2D eigenvalue weighted by Crippen LogP contribution is 2.08. The Hall–Kier alpha value is -1.68. The first kappa shape index (κ1) is 13.4. The fourth-order valence-corrected chi connectivity index (χ4v) is 1.36. The summed E-state index contributed by atoms with van der Waals surface area (Å²) in [5.74, 6) is -0.226. The summed E-state index contributed by atoms with van der Waals surface area (Å²) in [6.07, 6.45) is 0.368. The molecule has 0 aliphatic rings. The molecule has 1 aromatic rings. The van der Waals surface area contributed by atoms with Crippen molar-refractivity contribution in [1.29, 1.82) is 0 Å². The molecule has 1 aromatic carbocycles. The van der Waals surface area contributed by atoms with Gasteiger partial charge in [0.15, 0.2) is 5.78 Å². The van der Waals surface area contributed by atoms with Gasteiger partial charge >= 0.3 is 0 Å². The zero-order valence-electron chi connectivity index (χ0n) is 10.4. The third kappa shape index (κ3) is 4.00. The lowest BCUT2D eigenvalue weighted by Crippen LogP contribution is -2.25. The predicted octanol–water partition coefficient (Wildman–Crippen LogP) is 1.98. The third-order valence-electron chi connectivity index (χ3n) is 2.56. The molecule has 4 heteroatoms. The van der Waals surface area contributed by atoms with Gasteiger partial charge in [0.2, 0.25) is 5.91 Å².